The van der Waals surface area contributed by atoms with E-state index in [2.05, 4.69) is 5.32 Å². The summed E-state index contributed by atoms with van der Waals surface area (Å²) in [4.78, 5) is 13.2. The predicted octanol–water partition coefficient (Wildman–Crippen LogP) is 6.74. The maximum absolute atomic E-state index is 14.7. The van der Waals surface area contributed by atoms with Gasteiger partial charge in [0.05, 0.1) is 23.0 Å². The Hall–Kier alpha value is -3.37. The van der Waals surface area contributed by atoms with E-state index in [1.54, 1.807) is 41.0 Å². The first-order chi connectivity index (χ1) is 15.0. The second kappa shape index (κ2) is 8.78. The molecule has 4 rings (SSSR count). The van der Waals surface area contributed by atoms with Crippen LogP contribution in [0.25, 0.3) is 16.9 Å². The van der Waals surface area contributed by atoms with Gasteiger partial charge >= 0.3 is 0 Å². The molecule has 1 aromatic heterocycles. The molecular formula is C26H22ClFN2O. The fourth-order valence-electron chi connectivity index (χ4n) is 3.71. The number of hydrogen-bond donors (Lipinski definition) is 1. The monoisotopic (exact) mass is 432 g/mol. The standard InChI is InChI=1S/C26H22ClFN2O/c1-17(19-8-4-3-5-9-19)29-26(31)22-16-25(20-12-14-21(27)15-13-20)30(18(22)2)24-11-7-6-10-23(24)28/h3-17H,1-2H3,(H,29,31). The van der Waals surface area contributed by atoms with Gasteiger partial charge in [-0.3, -0.25) is 4.79 Å². The lowest BCUT2D eigenvalue weighted by molar-refractivity contribution is 0.0939. The second-order valence-corrected chi connectivity index (χ2v) is 7.86. The Kier molecular flexibility index (Phi) is 5.92. The molecule has 0 aliphatic rings. The average Bonchev–Trinajstić information content (AvgIpc) is 3.12. The largest absolute Gasteiger partial charge is 0.345 e. The number of nitrogens with zero attached hydrogens (tertiary/aromatic N) is 1. The Bertz CT molecular complexity index is 1220. The first kappa shape index (κ1) is 20.9. The SMILES string of the molecule is Cc1c(C(=O)NC(C)c2ccccc2)cc(-c2ccc(Cl)cc2)n1-c1ccccc1F. The lowest BCUT2D eigenvalue weighted by Gasteiger charge is -2.15. The number of aromatic nitrogens is 1. The Morgan fingerprint density at radius 1 is 0.968 bits per heavy atom. The van der Waals surface area contributed by atoms with E-state index in [9.17, 15) is 9.18 Å². The van der Waals surface area contributed by atoms with Crippen molar-refractivity contribution in [3.8, 4) is 16.9 Å². The molecule has 0 bridgehead atoms. The Labute approximate surface area is 186 Å². The van der Waals surface area contributed by atoms with Crippen LogP contribution in [0.4, 0.5) is 4.39 Å². The summed E-state index contributed by atoms with van der Waals surface area (Å²) in [6.45, 7) is 3.77. The number of carbonyl (C=O) groups is 1. The third kappa shape index (κ3) is 4.25. The van der Waals surface area contributed by atoms with Crippen molar-refractivity contribution in [3.63, 3.8) is 0 Å². The van der Waals surface area contributed by atoms with Crippen LogP contribution < -0.4 is 5.32 Å². The van der Waals surface area contributed by atoms with Crippen LogP contribution in [-0.2, 0) is 0 Å². The molecule has 31 heavy (non-hydrogen) atoms. The first-order valence-corrected chi connectivity index (χ1v) is 10.4. The van der Waals surface area contributed by atoms with Crippen molar-refractivity contribution in [2.75, 3.05) is 0 Å². The van der Waals surface area contributed by atoms with Crippen LogP contribution in [0.15, 0.2) is 84.9 Å². The zero-order valence-electron chi connectivity index (χ0n) is 17.3. The van der Waals surface area contributed by atoms with Crippen LogP contribution in [0.5, 0.6) is 0 Å². The van der Waals surface area contributed by atoms with Gasteiger partial charge in [0.15, 0.2) is 0 Å². The molecule has 0 aliphatic heterocycles. The number of hydrogen-bond acceptors (Lipinski definition) is 1. The van der Waals surface area contributed by atoms with Crippen molar-refractivity contribution in [1.82, 2.24) is 9.88 Å². The summed E-state index contributed by atoms with van der Waals surface area (Å²) in [6.07, 6.45) is 0. The zero-order valence-corrected chi connectivity index (χ0v) is 18.0. The van der Waals surface area contributed by atoms with Crippen LogP contribution in [0.2, 0.25) is 5.02 Å². The third-order valence-corrected chi connectivity index (χ3v) is 5.62. The average molecular weight is 433 g/mol. The van der Waals surface area contributed by atoms with Gasteiger partial charge in [0, 0.05) is 10.7 Å². The van der Waals surface area contributed by atoms with Crippen LogP contribution >= 0.6 is 11.6 Å². The van der Waals surface area contributed by atoms with Crippen molar-refractivity contribution in [1.29, 1.82) is 0 Å². The molecule has 0 saturated carbocycles. The van der Waals surface area contributed by atoms with E-state index in [0.717, 1.165) is 16.8 Å². The molecule has 0 saturated heterocycles. The minimum Gasteiger partial charge on any atom is -0.345 e. The van der Waals surface area contributed by atoms with E-state index in [4.69, 9.17) is 11.6 Å². The molecule has 0 radical (unpaired) electrons. The quantitative estimate of drug-likeness (QED) is 0.372. The molecule has 156 valence electrons. The topological polar surface area (TPSA) is 34.0 Å². The molecule has 5 heteroatoms. The summed E-state index contributed by atoms with van der Waals surface area (Å²) in [6, 6.07) is 25.2. The van der Waals surface area contributed by atoms with E-state index >= 15 is 0 Å². The van der Waals surface area contributed by atoms with Gasteiger partial charge in [-0.1, -0.05) is 66.2 Å². The minimum atomic E-state index is -0.360. The first-order valence-electron chi connectivity index (χ1n) is 10.0. The van der Waals surface area contributed by atoms with Gasteiger partial charge in [0.25, 0.3) is 5.91 Å². The summed E-state index contributed by atoms with van der Waals surface area (Å²) < 4.78 is 16.5. The highest BCUT2D eigenvalue weighted by Crippen LogP contribution is 2.31. The van der Waals surface area contributed by atoms with Crippen LogP contribution in [0.1, 0.15) is 34.6 Å². The third-order valence-electron chi connectivity index (χ3n) is 5.37. The van der Waals surface area contributed by atoms with E-state index < -0.39 is 0 Å². The van der Waals surface area contributed by atoms with Crippen molar-refractivity contribution in [3.05, 3.63) is 113 Å². The van der Waals surface area contributed by atoms with Gasteiger partial charge in [0.2, 0.25) is 0 Å². The van der Waals surface area contributed by atoms with Crippen molar-refractivity contribution in [2.24, 2.45) is 0 Å². The minimum absolute atomic E-state index is 0.163. The Morgan fingerprint density at radius 2 is 1.61 bits per heavy atom. The maximum Gasteiger partial charge on any atom is 0.253 e. The number of amides is 1. The molecule has 4 aromatic rings. The fraction of sp³-hybridized carbons (Fsp3) is 0.115. The highest BCUT2D eigenvalue weighted by atomic mass is 35.5. The van der Waals surface area contributed by atoms with Crippen molar-refractivity contribution in [2.45, 2.75) is 19.9 Å². The van der Waals surface area contributed by atoms with E-state index in [1.165, 1.54) is 6.07 Å². The van der Waals surface area contributed by atoms with E-state index in [-0.39, 0.29) is 17.8 Å². The summed E-state index contributed by atoms with van der Waals surface area (Å²) in [7, 11) is 0. The summed E-state index contributed by atoms with van der Waals surface area (Å²) in [5, 5.41) is 3.66. The smallest absolute Gasteiger partial charge is 0.253 e. The summed E-state index contributed by atoms with van der Waals surface area (Å²) in [5.41, 5.74) is 4.12. The van der Waals surface area contributed by atoms with Gasteiger partial charge in [-0.15, -0.1) is 0 Å². The number of nitrogens with one attached hydrogen (secondary N) is 1. The number of carbonyl (C=O) groups excluding carboxylic acids is 1. The molecule has 0 spiro atoms. The fourth-order valence-corrected chi connectivity index (χ4v) is 3.84. The molecular weight excluding hydrogens is 411 g/mol. The lowest BCUT2D eigenvalue weighted by atomic mass is 10.1. The molecule has 1 heterocycles. The van der Waals surface area contributed by atoms with Gasteiger partial charge in [0.1, 0.15) is 5.82 Å². The molecule has 3 aromatic carbocycles. The van der Waals surface area contributed by atoms with Crippen molar-refractivity contribution >= 4 is 17.5 Å². The van der Waals surface area contributed by atoms with Crippen LogP contribution in [0, 0.1) is 12.7 Å². The lowest BCUT2D eigenvalue weighted by Crippen LogP contribution is -2.27. The second-order valence-electron chi connectivity index (χ2n) is 7.43. The number of halogens is 2. The van der Waals surface area contributed by atoms with E-state index in [1.807, 2.05) is 56.3 Å². The van der Waals surface area contributed by atoms with Gasteiger partial charge < -0.3 is 9.88 Å². The maximum atomic E-state index is 14.7. The van der Waals surface area contributed by atoms with E-state index in [0.29, 0.717) is 22.0 Å². The predicted molar refractivity (Wildman–Crippen MR) is 123 cm³/mol. The molecule has 0 fully saturated rings. The summed E-state index contributed by atoms with van der Waals surface area (Å²) >= 11 is 6.05. The molecule has 1 amide bonds. The van der Waals surface area contributed by atoms with Crippen LogP contribution in [0.3, 0.4) is 0 Å². The molecule has 1 unspecified atom stereocenters. The highest BCUT2D eigenvalue weighted by Gasteiger charge is 2.22. The zero-order chi connectivity index (χ0) is 22.0. The number of benzene rings is 3. The van der Waals surface area contributed by atoms with Crippen molar-refractivity contribution < 1.29 is 9.18 Å². The molecule has 1 N–H and O–H groups in total. The molecule has 1 atom stereocenters. The van der Waals surface area contributed by atoms with Gasteiger partial charge in [-0.05, 0) is 55.3 Å². The Morgan fingerprint density at radius 3 is 2.29 bits per heavy atom. The normalized spacial score (nSPS) is 11.9. The van der Waals surface area contributed by atoms with Gasteiger partial charge in [-0.2, -0.15) is 0 Å². The molecule has 0 aliphatic carbocycles. The Balaban J connectivity index is 1.79. The number of para-hydroxylation sites is 1. The molecule has 3 nitrogen and oxygen atoms in total. The summed E-state index contributed by atoms with van der Waals surface area (Å²) in [5.74, 6) is -0.569. The van der Waals surface area contributed by atoms with Crippen LogP contribution in [-0.4, -0.2) is 10.5 Å². The number of rotatable bonds is 5. The highest BCUT2D eigenvalue weighted by molar-refractivity contribution is 6.30. The van der Waals surface area contributed by atoms with Gasteiger partial charge in [-0.25, -0.2) is 4.39 Å².